The molecule has 0 spiro atoms. The van der Waals surface area contributed by atoms with E-state index in [2.05, 4.69) is 16.8 Å². The van der Waals surface area contributed by atoms with E-state index < -0.39 is 0 Å². The Hall–Kier alpha value is -3.46. The number of hydrogen-bond acceptors (Lipinski definition) is 3. The van der Waals surface area contributed by atoms with E-state index in [-0.39, 0.29) is 17.3 Å². The largest absolute Gasteiger partial charge is 0.341 e. The number of hydrogen-bond donors (Lipinski definition) is 0. The molecule has 1 aromatic heterocycles. The minimum atomic E-state index is -0.331. The van der Waals surface area contributed by atoms with Gasteiger partial charge in [0.25, 0.3) is 5.56 Å². The van der Waals surface area contributed by atoms with Crippen molar-refractivity contribution in [1.82, 2.24) is 14.5 Å². The molecule has 0 radical (unpaired) electrons. The summed E-state index contributed by atoms with van der Waals surface area (Å²) < 4.78 is 14.9. The summed E-state index contributed by atoms with van der Waals surface area (Å²) in [6, 6.07) is 11.4. The van der Waals surface area contributed by atoms with E-state index in [9.17, 15) is 14.0 Å². The molecular formula is C22H18FN3O2. The van der Waals surface area contributed by atoms with Gasteiger partial charge in [-0.25, -0.2) is 9.37 Å². The Balaban J connectivity index is 1.72. The lowest BCUT2D eigenvalue weighted by Crippen LogP contribution is -2.32. The van der Waals surface area contributed by atoms with Gasteiger partial charge >= 0.3 is 0 Å². The molecule has 0 bridgehead atoms. The lowest BCUT2D eigenvalue weighted by Gasteiger charge is -2.16. The van der Waals surface area contributed by atoms with Gasteiger partial charge in [0, 0.05) is 44.1 Å². The van der Waals surface area contributed by atoms with Crippen LogP contribution in [0, 0.1) is 17.7 Å². The van der Waals surface area contributed by atoms with Crippen molar-refractivity contribution in [2.45, 2.75) is 19.9 Å². The van der Waals surface area contributed by atoms with Crippen molar-refractivity contribution in [3.8, 4) is 11.8 Å². The molecule has 4 rings (SSSR count). The van der Waals surface area contributed by atoms with Crippen LogP contribution >= 0.6 is 0 Å². The predicted octanol–water partition coefficient (Wildman–Crippen LogP) is 2.34. The van der Waals surface area contributed by atoms with Gasteiger partial charge in [0.2, 0.25) is 5.91 Å². The molecule has 0 saturated heterocycles. The summed E-state index contributed by atoms with van der Waals surface area (Å²) in [4.78, 5) is 30.9. The molecule has 28 heavy (non-hydrogen) atoms. The summed E-state index contributed by atoms with van der Waals surface area (Å²) in [7, 11) is 0. The fraction of sp³-hybridized carbons (Fsp3) is 0.227. The van der Waals surface area contributed by atoms with E-state index in [1.807, 2.05) is 0 Å². The molecule has 2 aromatic carbocycles. The fourth-order valence-corrected chi connectivity index (χ4v) is 3.36. The first-order chi connectivity index (χ1) is 13.5. The number of amides is 1. The Bertz CT molecular complexity index is 1200. The molecule has 2 heterocycles. The van der Waals surface area contributed by atoms with E-state index in [1.165, 1.54) is 19.1 Å². The fourth-order valence-electron chi connectivity index (χ4n) is 3.36. The maximum Gasteiger partial charge on any atom is 0.261 e. The van der Waals surface area contributed by atoms with Gasteiger partial charge in [0.05, 0.1) is 10.9 Å². The topological polar surface area (TPSA) is 55.2 Å². The van der Waals surface area contributed by atoms with Crippen LogP contribution in [0.5, 0.6) is 0 Å². The van der Waals surface area contributed by atoms with Crippen molar-refractivity contribution in [1.29, 1.82) is 0 Å². The monoisotopic (exact) mass is 375 g/mol. The van der Waals surface area contributed by atoms with Gasteiger partial charge in [-0.1, -0.05) is 17.9 Å². The lowest BCUT2D eigenvalue weighted by atomic mass is 10.1. The van der Waals surface area contributed by atoms with Crippen molar-refractivity contribution in [3.63, 3.8) is 0 Å². The Labute approximate surface area is 161 Å². The first-order valence-corrected chi connectivity index (χ1v) is 9.08. The quantitative estimate of drug-likeness (QED) is 0.567. The zero-order valence-electron chi connectivity index (χ0n) is 15.4. The lowest BCUT2D eigenvalue weighted by molar-refractivity contribution is -0.128. The average Bonchev–Trinajstić information content (AvgIpc) is 2.89. The van der Waals surface area contributed by atoms with E-state index >= 15 is 0 Å². The van der Waals surface area contributed by atoms with Gasteiger partial charge in [-0.15, -0.1) is 0 Å². The van der Waals surface area contributed by atoms with Crippen molar-refractivity contribution < 1.29 is 9.18 Å². The minimum Gasteiger partial charge on any atom is -0.341 e. The molecule has 3 aromatic rings. The van der Waals surface area contributed by atoms with Crippen LogP contribution in [0.2, 0.25) is 0 Å². The second kappa shape index (κ2) is 7.28. The zero-order chi connectivity index (χ0) is 19.7. The Kier molecular flexibility index (Phi) is 4.66. The molecule has 5 nitrogen and oxygen atoms in total. The minimum absolute atomic E-state index is 0.000296. The van der Waals surface area contributed by atoms with Gasteiger partial charge in [-0.05, 0) is 36.4 Å². The second-order valence-corrected chi connectivity index (χ2v) is 6.73. The Morgan fingerprint density at radius 3 is 2.61 bits per heavy atom. The normalized spacial score (nSPS) is 13.4. The van der Waals surface area contributed by atoms with Crippen LogP contribution < -0.4 is 5.56 Å². The van der Waals surface area contributed by atoms with E-state index in [0.29, 0.717) is 53.9 Å². The number of aromatic nitrogens is 2. The summed E-state index contributed by atoms with van der Waals surface area (Å²) in [6.45, 7) is 3.03. The number of benzene rings is 2. The average molecular weight is 375 g/mol. The van der Waals surface area contributed by atoms with Gasteiger partial charge in [0.15, 0.2) is 0 Å². The molecule has 1 amide bonds. The maximum absolute atomic E-state index is 13.3. The third-order valence-corrected chi connectivity index (χ3v) is 4.85. The summed E-state index contributed by atoms with van der Waals surface area (Å²) in [5, 5.41) is 0.524. The number of nitrogens with zero attached hydrogens (tertiary/aromatic N) is 3. The van der Waals surface area contributed by atoms with Crippen molar-refractivity contribution in [3.05, 3.63) is 75.6 Å². The van der Waals surface area contributed by atoms with E-state index in [4.69, 9.17) is 0 Å². The molecule has 0 saturated carbocycles. The van der Waals surface area contributed by atoms with Crippen LogP contribution in [0.25, 0.3) is 10.9 Å². The summed E-state index contributed by atoms with van der Waals surface area (Å²) >= 11 is 0. The third kappa shape index (κ3) is 3.52. The van der Waals surface area contributed by atoms with Crippen LogP contribution in [0.3, 0.4) is 0 Å². The van der Waals surface area contributed by atoms with Crippen LogP contribution in [0.4, 0.5) is 4.39 Å². The molecular weight excluding hydrogens is 357 g/mol. The molecule has 1 aliphatic rings. The van der Waals surface area contributed by atoms with Gasteiger partial charge in [0.1, 0.15) is 11.6 Å². The van der Waals surface area contributed by atoms with Gasteiger partial charge in [-0.2, -0.15) is 0 Å². The highest BCUT2D eigenvalue weighted by Gasteiger charge is 2.18. The standard InChI is InChI=1S/C22H18FN3O2/c1-15(27)25-10-9-21-24-20-14-17(6-5-16-3-2-4-18(23)13-16)7-8-19(20)22(28)26(21)12-11-25/h2-4,7-8,13-14H,9-12H2,1H3. The van der Waals surface area contributed by atoms with Crippen LogP contribution in [0.15, 0.2) is 47.3 Å². The predicted molar refractivity (Wildman–Crippen MR) is 104 cm³/mol. The molecule has 0 aliphatic carbocycles. The highest BCUT2D eigenvalue weighted by atomic mass is 19.1. The Morgan fingerprint density at radius 1 is 1.07 bits per heavy atom. The van der Waals surface area contributed by atoms with Crippen molar-refractivity contribution >= 4 is 16.8 Å². The Morgan fingerprint density at radius 2 is 1.86 bits per heavy atom. The van der Waals surface area contributed by atoms with E-state index in [0.717, 1.165) is 0 Å². The highest BCUT2D eigenvalue weighted by Crippen LogP contribution is 2.14. The number of carbonyl (C=O) groups is 1. The number of carbonyl (C=O) groups excluding carboxylic acids is 1. The second-order valence-electron chi connectivity index (χ2n) is 6.73. The molecule has 1 aliphatic heterocycles. The first-order valence-electron chi connectivity index (χ1n) is 9.08. The molecule has 0 atom stereocenters. The van der Waals surface area contributed by atoms with Gasteiger partial charge < -0.3 is 4.90 Å². The van der Waals surface area contributed by atoms with E-state index in [1.54, 1.807) is 39.8 Å². The summed E-state index contributed by atoms with van der Waals surface area (Å²) in [5.74, 6) is 6.27. The SMILES string of the molecule is CC(=O)N1CCc2nc3cc(C#Cc4cccc(F)c4)ccc3c(=O)n2CC1. The van der Waals surface area contributed by atoms with Crippen LogP contribution in [-0.4, -0.2) is 33.4 Å². The number of halogens is 1. The molecule has 6 heteroatoms. The summed E-state index contributed by atoms with van der Waals surface area (Å²) in [5.41, 5.74) is 1.76. The number of fused-ring (bicyclic) bond motifs is 2. The van der Waals surface area contributed by atoms with Crippen molar-refractivity contribution in [2.24, 2.45) is 0 Å². The maximum atomic E-state index is 13.3. The molecule has 140 valence electrons. The first kappa shape index (κ1) is 17.9. The molecule has 0 unspecified atom stereocenters. The van der Waals surface area contributed by atoms with Crippen LogP contribution in [0.1, 0.15) is 23.9 Å². The zero-order valence-corrected chi connectivity index (χ0v) is 15.4. The molecule has 0 fully saturated rings. The number of rotatable bonds is 0. The van der Waals surface area contributed by atoms with Crippen LogP contribution in [-0.2, 0) is 17.8 Å². The molecule has 0 N–H and O–H groups in total. The smallest absolute Gasteiger partial charge is 0.261 e. The summed E-state index contributed by atoms with van der Waals surface area (Å²) in [6.07, 6.45) is 0.532. The highest BCUT2D eigenvalue weighted by molar-refractivity contribution is 5.79. The third-order valence-electron chi connectivity index (χ3n) is 4.85. The van der Waals surface area contributed by atoms with Gasteiger partial charge in [-0.3, -0.25) is 14.2 Å². The van der Waals surface area contributed by atoms with Crippen molar-refractivity contribution in [2.75, 3.05) is 13.1 Å².